The van der Waals surface area contributed by atoms with Gasteiger partial charge < -0.3 is 14.2 Å². The lowest BCUT2D eigenvalue weighted by Gasteiger charge is -2.31. The third kappa shape index (κ3) is 3.65. The van der Waals surface area contributed by atoms with E-state index in [9.17, 15) is 9.59 Å². The first-order valence-corrected chi connectivity index (χ1v) is 8.23. The lowest BCUT2D eigenvalue weighted by molar-refractivity contribution is -0.146. The number of esters is 2. The zero-order chi connectivity index (χ0) is 17.8. The summed E-state index contributed by atoms with van der Waals surface area (Å²) in [5.74, 6) is -0.139. The van der Waals surface area contributed by atoms with Crippen LogP contribution in [0.2, 0.25) is 0 Å². The Morgan fingerprint density at radius 2 is 2.00 bits per heavy atom. The van der Waals surface area contributed by atoms with E-state index in [0.29, 0.717) is 12.2 Å². The Labute approximate surface area is 146 Å². The summed E-state index contributed by atoms with van der Waals surface area (Å²) in [4.78, 5) is 23.4. The number of ether oxygens (including phenoxy) is 3. The van der Waals surface area contributed by atoms with Gasteiger partial charge in [-0.05, 0) is 29.2 Å². The molecule has 1 aliphatic heterocycles. The summed E-state index contributed by atoms with van der Waals surface area (Å²) in [5.41, 5.74) is 3.81. The number of carbonyl (C=O) groups excluding carboxylic acids is 2. The molecule has 0 radical (unpaired) electrons. The van der Waals surface area contributed by atoms with Crippen LogP contribution in [0, 0.1) is 0 Å². The van der Waals surface area contributed by atoms with Crippen LogP contribution in [0.1, 0.15) is 25.3 Å². The molecule has 1 heterocycles. The van der Waals surface area contributed by atoms with Crippen LogP contribution in [-0.2, 0) is 23.8 Å². The molecule has 1 atom stereocenters. The Kier molecular flexibility index (Phi) is 5.03. The number of fused-ring (bicyclic) bond motifs is 1. The van der Waals surface area contributed by atoms with Crippen molar-refractivity contribution in [2.75, 3.05) is 13.7 Å². The number of methoxy groups -OCH3 is 1. The lowest BCUT2D eigenvalue weighted by Crippen LogP contribution is -2.29. The minimum Gasteiger partial charge on any atom is -0.486 e. The van der Waals surface area contributed by atoms with Crippen LogP contribution in [0.5, 0.6) is 0 Å². The van der Waals surface area contributed by atoms with Crippen LogP contribution in [0.25, 0.3) is 5.57 Å². The van der Waals surface area contributed by atoms with E-state index in [-0.39, 0.29) is 12.6 Å². The Morgan fingerprint density at radius 3 is 2.68 bits per heavy atom. The molecule has 0 aromatic heterocycles. The van der Waals surface area contributed by atoms with Crippen molar-refractivity contribution in [3.63, 3.8) is 0 Å². The highest BCUT2D eigenvalue weighted by Gasteiger charge is 2.33. The molecule has 2 aliphatic rings. The summed E-state index contributed by atoms with van der Waals surface area (Å²) < 4.78 is 15.7. The van der Waals surface area contributed by atoms with E-state index in [4.69, 9.17) is 9.47 Å². The molecule has 5 nitrogen and oxygen atoms in total. The number of benzene rings is 1. The minimum absolute atomic E-state index is 0.152. The van der Waals surface area contributed by atoms with Crippen molar-refractivity contribution in [2.24, 2.45) is 0 Å². The summed E-state index contributed by atoms with van der Waals surface area (Å²) in [7, 11) is 1.32. The highest BCUT2D eigenvalue weighted by molar-refractivity contribution is 5.99. The number of rotatable bonds is 5. The predicted molar refractivity (Wildman–Crippen MR) is 92.3 cm³/mol. The number of hydrogen-bond acceptors (Lipinski definition) is 5. The van der Waals surface area contributed by atoms with Gasteiger partial charge in [0.15, 0.2) is 6.61 Å². The van der Waals surface area contributed by atoms with Gasteiger partial charge >= 0.3 is 11.9 Å². The largest absolute Gasteiger partial charge is 0.486 e. The molecule has 3 rings (SSSR count). The molecule has 1 unspecified atom stereocenters. The maximum absolute atomic E-state index is 12.0. The van der Waals surface area contributed by atoms with Gasteiger partial charge in [-0.3, -0.25) is 0 Å². The van der Waals surface area contributed by atoms with Gasteiger partial charge in [-0.25, -0.2) is 9.59 Å². The first-order chi connectivity index (χ1) is 12.1. The lowest BCUT2D eigenvalue weighted by atomic mass is 9.84. The standard InChI is InChI=1S/C20H20O5/c1-3-13-9-16-15(14-7-5-4-6-8-14)10-19(21)25-18(16)11-17(13)24-12-20(22)23-2/h4-10,18H,3,11-12H2,1-2H3. The SMILES string of the molecule is CCC1=C(OCC(=O)OC)CC2OC(=O)C=C(c3ccccc3)C2=C1. The van der Waals surface area contributed by atoms with Crippen molar-refractivity contribution in [2.45, 2.75) is 25.9 Å². The summed E-state index contributed by atoms with van der Waals surface area (Å²) in [6.45, 7) is 1.87. The normalized spacial score (nSPS) is 19.4. The highest BCUT2D eigenvalue weighted by atomic mass is 16.6. The van der Waals surface area contributed by atoms with Crippen LogP contribution < -0.4 is 0 Å². The van der Waals surface area contributed by atoms with Gasteiger partial charge in [-0.1, -0.05) is 37.3 Å². The van der Waals surface area contributed by atoms with Gasteiger partial charge in [0.05, 0.1) is 7.11 Å². The van der Waals surface area contributed by atoms with Crippen molar-refractivity contribution >= 4 is 17.5 Å². The van der Waals surface area contributed by atoms with Gasteiger partial charge in [-0.15, -0.1) is 0 Å². The second-order valence-corrected chi connectivity index (χ2v) is 5.82. The fourth-order valence-corrected chi connectivity index (χ4v) is 3.03. The molecule has 0 fully saturated rings. The quantitative estimate of drug-likeness (QED) is 0.771. The first-order valence-electron chi connectivity index (χ1n) is 8.23. The van der Waals surface area contributed by atoms with Gasteiger partial charge in [0.2, 0.25) is 0 Å². The first kappa shape index (κ1) is 17.0. The monoisotopic (exact) mass is 340 g/mol. The van der Waals surface area contributed by atoms with Gasteiger partial charge in [0.1, 0.15) is 11.9 Å². The molecule has 0 spiro atoms. The smallest absolute Gasteiger partial charge is 0.343 e. The molecule has 1 aliphatic carbocycles. The minimum atomic E-state index is -0.441. The molecule has 130 valence electrons. The molecule has 0 saturated carbocycles. The third-order valence-electron chi connectivity index (χ3n) is 4.29. The van der Waals surface area contributed by atoms with E-state index in [1.165, 1.54) is 13.2 Å². The van der Waals surface area contributed by atoms with E-state index in [1.54, 1.807) is 0 Å². The van der Waals surface area contributed by atoms with Crippen molar-refractivity contribution < 1.29 is 23.8 Å². The molecular formula is C20H20O5. The van der Waals surface area contributed by atoms with Crippen molar-refractivity contribution in [3.05, 3.63) is 65.0 Å². The Bertz CT molecular complexity index is 771. The average molecular weight is 340 g/mol. The fraction of sp³-hybridized carbons (Fsp3) is 0.300. The summed E-state index contributed by atoms with van der Waals surface area (Å²) >= 11 is 0. The molecule has 5 heteroatoms. The fourth-order valence-electron chi connectivity index (χ4n) is 3.03. The number of hydrogen-bond donors (Lipinski definition) is 0. The van der Waals surface area contributed by atoms with E-state index in [1.807, 2.05) is 43.3 Å². The van der Waals surface area contributed by atoms with Crippen LogP contribution >= 0.6 is 0 Å². The summed E-state index contributed by atoms with van der Waals surface area (Å²) in [5, 5.41) is 0. The van der Waals surface area contributed by atoms with Gasteiger partial charge in [0.25, 0.3) is 0 Å². The molecule has 0 bridgehead atoms. The number of allylic oxidation sites excluding steroid dienone is 2. The van der Waals surface area contributed by atoms with E-state index < -0.39 is 12.1 Å². The molecule has 0 saturated heterocycles. The van der Waals surface area contributed by atoms with E-state index >= 15 is 0 Å². The highest BCUT2D eigenvalue weighted by Crippen LogP contribution is 2.39. The van der Waals surface area contributed by atoms with Crippen LogP contribution in [0.4, 0.5) is 0 Å². The van der Waals surface area contributed by atoms with E-state index in [0.717, 1.165) is 28.7 Å². The molecule has 0 amide bonds. The van der Waals surface area contributed by atoms with Crippen molar-refractivity contribution in [1.82, 2.24) is 0 Å². The molecule has 25 heavy (non-hydrogen) atoms. The van der Waals surface area contributed by atoms with Crippen molar-refractivity contribution in [3.8, 4) is 0 Å². The third-order valence-corrected chi connectivity index (χ3v) is 4.29. The van der Waals surface area contributed by atoms with Crippen LogP contribution in [-0.4, -0.2) is 31.8 Å². The Morgan fingerprint density at radius 1 is 1.24 bits per heavy atom. The van der Waals surface area contributed by atoms with Crippen LogP contribution in [0.15, 0.2) is 59.4 Å². The summed E-state index contributed by atoms with van der Waals surface area (Å²) in [6, 6.07) is 9.77. The Hall–Kier alpha value is -2.82. The predicted octanol–water partition coefficient (Wildman–Crippen LogP) is 3.18. The zero-order valence-electron chi connectivity index (χ0n) is 14.3. The molecular weight excluding hydrogens is 320 g/mol. The van der Waals surface area contributed by atoms with Gasteiger partial charge in [0, 0.05) is 18.1 Å². The second-order valence-electron chi connectivity index (χ2n) is 5.82. The van der Waals surface area contributed by atoms with Crippen molar-refractivity contribution in [1.29, 1.82) is 0 Å². The zero-order valence-corrected chi connectivity index (χ0v) is 14.3. The van der Waals surface area contributed by atoms with Crippen LogP contribution in [0.3, 0.4) is 0 Å². The average Bonchev–Trinajstić information content (AvgIpc) is 2.65. The molecule has 0 N–H and O–H groups in total. The van der Waals surface area contributed by atoms with E-state index in [2.05, 4.69) is 4.74 Å². The maximum atomic E-state index is 12.0. The summed E-state index contributed by atoms with van der Waals surface area (Å²) in [6.07, 6.45) is 4.30. The molecule has 1 aromatic rings. The number of carbonyl (C=O) groups is 2. The van der Waals surface area contributed by atoms with Gasteiger partial charge in [-0.2, -0.15) is 0 Å². The Balaban J connectivity index is 1.95. The molecule has 1 aromatic carbocycles. The topological polar surface area (TPSA) is 61.8 Å². The maximum Gasteiger partial charge on any atom is 0.343 e. The second kappa shape index (κ2) is 7.38.